The maximum atomic E-state index is 3.64. The van der Waals surface area contributed by atoms with Crippen LogP contribution in [-0.2, 0) is 0 Å². The van der Waals surface area contributed by atoms with Crippen molar-refractivity contribution >= 4 is 0 Å². The highest BCUT2D eigenvalue weighted by Crippen LogP contribution is 2.21. The molecule has 1 aliphatic heterocycles. The van der Waals surface area contributed by atoms with E-state index in [0.717, 1.165) is 17.8 Å². The standard InChI is InChI=1S/C15H32N2/c1-4-14(5-2)11-17-10-8-13(3)15-7-6-9-16-12-15/h13-17H,4-12H2,1-3H3. The average molecular weight is 240 g/mol. The number of hydrogen-bond donors (Lipinski definition) is 2. The minimum absolute atomic E-state index is 0.872. The van der Waals surface area contributed by atoms with E-state index in [-0.39, 0.29) is 0 Å². The molecule has 0 aromatic carbocycles. The second kappa shape index (κ2) is 8.93. The molecule has 0 aromatic heterocycles. The van der Waals surface area contributed by atoms with E-state index in [1.165, 1.54) is 58.3 Å². The lowest BCUT2D eigenvalue weighted by atomic mass is 9.85. The van der Waals surface area contributed by atoms with Crippen molar-refractivity contribution in [1.29, 1.82) is 0 Å². The van der Waals surface area contributed by atoms with Crippen LogP contribution in [0.2, 0.25) is 0 Å². The normalized spacial score (nSPS) is 22.9. The van der Waals surface area contributed by atoms with E-state index in [1.54, 1.807) is 0 Å². The van der Waals surface area contributed by atoms with Crippen LogP contribution in [0.3, 0.4) is 0 Å². The molecule has 2 atom stereocenters. The highest BCUT2D eigenvalue weighted by molar-refractivity contribution is 4.74. The van der Waals surface area contributed by atoms with E-state index >= 15 is 0 Å². The molecule has 1 heterocycles. The van der Waals surface area contributed by atoms with E-state index in [1.807, 2.05) is 0 Å². The van der Waals surface area contributed by atoms with Crippen LogP contribution in [0, 0.1) is 17.8 Å². The van der Waals surface area contributed by atoms with Crippen molar-refractivity contribution in [3.05, 3.63) is 0 Å². The van der Waals surface area contributed by atoms with E-state index in [0.29, 0.717) is 0 Å². The van der Waals surface area contributed by atoms with Gasteiger partial charge in [-0.15, -0.1) is 0 Å². The minimum Gasteiger partial charge on any atom is -0.316 e. The fraction of sp³-hybridized carbons (Fsp3) is 1.00. The molecule has 0 radical (unpaired) electrons. The second-order valence-corrected chi connectivity index (χ2v) is 5.76. The first-order chi connectivity index (χ1) is 8.27. The third-order valence-corrected chi connectivity index (χ3v) is 4.50. The molecule has 17 heavy (non-hydrogen) atoms. The van der Waals surface area contributed by atoms with Crippen LogP contribution in [0.4, 0.5) is 0 Å². The van der Waals surface area contributed by atoms with Gasteiger partial charge in [-0.1, -0.05) is 33.6 Å². The van der Waals surface area contributed by atoms with Crippen LogP contribution in [0.1, 0.15) is 52.9 Å². The van der Waals surface area contributed by atoms with E-state index in [4.69, 9.17) is 0 Å². The molecule has 1 saturated heterocycles. The monoisotopic (exact) mass is 240 g/mol. The lowest BCUT2D eigenvalue weighted by Gasteiger charge is -2.28. The summed E-state index contributed by atoms with van der Waals surface area (Å²) in [7, 11) is 0. The SMILES string of the molecule is CCC(CC)CNCCC(C)C1CCCNC1. The van der Waals surface area contributed by atoms with Crippen LogP contribution in [0.15, 0.2) is 0 Å². The predicted octanol–water partition coefficient (Wildman–Crippen LogP) is 3.04. The first-order valence-corrected chi connectivity index (χ1v) is 7.69. The molecule has 2 heteroatoms. The van der Waals surface area contributed by atoms with Gasteiger partial charge in [0, 0.05) is 0 Å². The first-order valence-electron chi connectivity index (χ1n) is 7.69. The molecule has 0 amide bonds. The summed E-state index contributed by atoms with van der Waals surface area (Å²) in [5, 5.41) is 7.16. The smallest absolute Gasteiger partial charge is 0.00180 e. The lowest BCUT2D eigenvalue weighted by Crippen LogP contribution is -2.34. The summed E-state index contributed by atoms with van der Waals surface area (Å²) >= 11 is 0. The lowest BCUT2D eigenvalue weighted by molar-refractivity contribution is 0.264. The van der Waals surface area contributed by atoms with Gasteiger partial charge >= 0.3 is 0 Å². The fourth-order valence-corrected chi connectivity index (χ4v) is 2.81. The summed E-state index contributed by atoms with van der Waals surface area (Å²) in [6.45, 7) is 11.9. The van der Waals surface area contributed by atoms with Crippen LogP contribution in [0.25, 0.3) is 0 Å². The van der Waals surface area contributed by atoms with Crippen molar-refractivity contribution in [1.82, 2.24) is 10.6 Å². The zero-order chi connectivity index (χ0) is 12.5. The summed E-state index contributed by atoms with van der Waals surface area (Å²) in [6, 6.07) is 0. The Morgan fingerprint density at radius 2 is 2.06 bits per heavy atom. The fourth-order valence-electron chi connectivity index (χ4n) is 2.81. The van der Waals surface area contributed by atoms with Gasteiger partial charge in [0.2, 0.25) is 0 Å². The number of hydrogen-bond acceptors (Lipinski definition) is 2. The van der Waals surface area contributed by atoms with Gasteiger partial charge in [0.25, 0.3) is 0 Å². The van der Waals surface area contributed by atoms with Crippen molar-refractivity contribution in [2.24, 2.45) is 17.8 Å². The molecule has 102 valence electrons. The van der Waals surface area contributed by atoms with Gasteiger partial charge in [-0.3, -0.25) is 0 Å². The van der Waals surface area contributed by atoms with Crippen LogP contribution in [-0.4, -0.2) is 26.2 Å². The van der Waals surface area contributed by atoms with Crippen LogP contribution < -0.4 is 10.6 Å². The Kier molecular flexibility index (Phi) is 7.87. The van der Waals surface area contributed by atoms with Gasteiger partial charge in [-0.05, 0) is 63.2 Å². The zero-order valence-electron chi connectivity index (χ0n) is 12.1. The van der Waals surface area contributed by atoms with E-state index in [9.17, 15) is 0 Å². The maximum Gasteiger partial charge on any atom is -0.00180 e. The van der Waals surface area contributed by atoms with Gasteiger partial charge in [0.05, 0.1) is 0 Å². The zero-order valence-corrected chi connectivity index (χ0v) is 12.1. The minimum atomic E-state index is 0.872. The topological polar surface area (TPSA) is 24.1 Å². The Balaban J connectivity index is 2.04. The molecule has 1 rings (SSSR count). The third-order valence-electron chi connectivity index (χ3n) is 4.50. The van der Waals surface area contributed by atoms with Crippen molar-refractivity contribution in [3.8, 4) is 0 Å². The highest BCUT2D eigenvalue weighted by atomic mass is 14.9. The molecule has 0 aliphatic carbocycles. The average Bonchev–Trinajstić information content (AvgIpc) is 2.40. The third kappa shape index (κ3) is 5.87. The Morgan fingerprint density at radius 3 is 2.65 bits per heavy atom. The first kappa shape index (κ1) is 15.0. The van der Waals surface area contributed by atoms with Crippen LogP contribution >= 0.6 is 0 Å². The number of rotatable bonds is 8. The number of piperidine rings is 1. The van der Waals surface area contributed by atoms with Crippen molar-refractivity contribution in [2.75, 3.05) is 26.2 Å². The van der Waals surface area contributed by atoms with Gasteiger partial charge in [0.1, 0.15) is 0 Å². The van der Waals surface area contributed by atoms with Crippen LogP contribution in [0.5, 0.6) is 0 Å². The molecule has 0 spiro atoms. The summed E-state index contributed by atoms with van der Waals surface area (Å²) in [5.74, 6) is 2.66. The van der Waals surface area contributed by atoms with Gasteiger partial charge < -0.3 is 10.6 Å². The molecule has 0 aromatic rings. The highest BCUT2D eigenvalue weighted by Gasteiger charge is 2.19. The molecule has 2 unspecified atom stereocenters. The molecule has 2 N–H and O–H groups in total. The quantitative estimate of drug-likeness (QED) is 0.637. The van der Waals surface area contributed by atoms with Gasteiger partial charge in [0.15, 0.2) is 0 Å². The van der Waals surface area contributed by atoms with E-state index in [2.05, 4.69) is 31.4 Å². The molecule has 1 aliphatic rings. The summed E-state index contributed by atoms with van der Waals surface area (Å²) in [6.07, 6.45) is 6.76. The molecule has 1 fully saturated rings. The van der Waals surface area contributed by atoms with Gasteiger partial charge in [-0.2, -0.15) is 0 Å². The summed E-state index contributed by atoms with van der Waals surface area (Å²) in [4.78, 5) is 0. The molecular formula is C15H32N2. The second-order valence-electron chi connectivity index (χ2n) is 5.76. The Morgan fingerprint density at radius 1 is 1.29 bits per heavy atom. The van der Waals surface area contributed by atoms with Crippen molar-refractivity contribution in [2.45, 2.75) is 52.9 Å². The van der Waals surface area contributed by atoms with E-state index < -0.39 is 0 Å². The maximum absolute atomic E-state index is 3.64. The number of nitrogens with one attached hydrogen (secondary N) is 2. The Hall–Kier alpha value is -0.0800. The summed E-state index contributed by atoms with van der Waals surface area (Å²) in [5.41, 5.74) is 0. The summed E-state index contributed by atoms with van der Waals surface area (Å²) < 4.78 is 0. The van der Waals surface area contributed by atoms with Gasteiger partial charge in [-0.25, -0.2) is 0 Å². The largest absolute Gasteiger partial charge is 0.316 e. The predicted molar refractivity (Wildman–Crippen MR) is 76.3 cm³/mol. The molecule has 0 bridgehead atoms. The Labute approximate surface area is 108 Å². The van der Waals surface area contributed by atoms with Crippen molar-refractivity contribution < 1.29 is 0 Å². The van der Waals surface area contributed by atoms with Crippen molar-refractivity contribution in [3.63, 3.8) is 0 Å². The molecular weight excluding hydrogens is 208 g/mol. The molecule has 0 saturated carbocycles. The molecule has 2 nitrogen and oxygen atoms in total. The Bertz CT molecular complexity index is 172.